The van der Waals surface area contributed by atoms with Crippen molar-refractivity contribution >= 4 is 46.8 Å². The second kappa shape index (κ2) is 27.1. The third kappa shape index (κ3) is 16.0. The molecule has 53 heavy (non-hydrogen) atoms. The minimum atomic E-state index is -0.589. The van der Waals surface area contributed by atoms with Crippen LogP contribution in [0, 0.1) is 17.7 Å². The number of aliphatic hydroxyl groups excluding tert-OH is 1. The number of aliphatic hydroxyl groups is 1. The first-order chi connectivity index (χ1) is 25.1. The molecule has 12 nitrogen and oxygen atoms in total. The van der Waals surface area contributed by atoms with E-state index in [1.807, 2.05) is 20.8 Å². The fourth-order valence-corrected chi connectivity index (χ4v) is 6.94. The maximum atomic E-state index is 13.9. The van der Waals surface area contributed by atoms with Crippen LogP contribution in [0.15, 0.2) is 12.1 Å². The molecule has 1 fully saturated rings. The van der Waals surface area contributed by atoms with E-state index in [1.54, 1.807) is 30.8 Å². The smallest absolute Gasteiger partial charge is 0.242 e. The summed E-state index contributed by atoms with van der Waals surface area (Å²) in [4.78, 5) is 56.1. The number of halogens is 3. The molecule has 1 aliphatic heterocycles. The van der Waals surface area contributed by atoms with E-state index in [4.69, 9.17) is 37.8 Å². The maximum Gasteiger partial charge on any atom is 0.242 e. The highest BCUT2D eigenvalue weighted by Gasteiger charge is 2.41. The number of carbonyl (C=O) groups excluding carboxylic acids is 4. The van der Waals surface area contributed by atoms with Crippen molar-refractivity contribution in [2.24, 2.45) is 11.8 Å². The summed E-state index contributed by atoms with van der Waals surface area (Å²) in [5, 5.41) is 15.8. The Hall–Kier alpha value is -2.55. The fourth-order valence-electron chi connectivity index (χ4n) is 6.46. The predicted octanol–water partition coefficient (Wildman–Crippen LogP) is 4.85. The lowest BCUT2D eigenvalue weighted by Crippen LogP contribution is -2.53. The monoisotopic (exact) mass is 793 g/mol. The van der Waals surface area contributed by atoms with Gasteiger partial charge in [-0.3, -0.25) is 19.2 Å². The molecule has 1 aliphatic rings. The number of likely N-dealkylation sites (tertiary alicyclic amines) is 1. The number of hydrogen-bond acceptors (Lipinski definition) is 8. The van der Waals surface area contributed by atoms with Gasteiger partial charge in [0, 0.05) is 46.5 Å². The van der Waals surface area contributed by atoms with Crippen LogP contribution in [-0.4, -0.2) is 124 Å². The standard InChI is InChI=1S/C34H54Cl2FN5O6.C3H8.CH4O/c1-9-11-26(41(6)30(44)19-40-34(46)31(38-5)20(2)3)28(47-7)18-29(43)42-15-10-12-27(42)32(48-8)21(4)33(45)39-14-13-22-16-25(37)24(36)17-23(22)35;1-3-2;1-2/h16-17,20-21,26-28,31-32,38H,9-15,18-19H2,1-8H3,(H,39,45)(H,40,46);3H2,1-2H3;2H,1H3. The molecule has 6 atom stereocenters. The maximum absolute atomic E-state index is 13.9. The molecule has 0 aromatic heterocycles. The predicted molar refractivity (Wildman–Crippen MR) is 210 cm³/mol. The normalized spacial score (nSPS) is 16.6. The molecule has 306 valence electrons. The molecule has 0 aliphatic carbocycles. The van der Waals surface area contributed by atoms with Gasteiger partial charge in [0.1, 0.15) is 5.82 Å². The zero-order valence-electron chi connectivity index (χ0n) is 33.7. The molecular weight excluding hydrogens is 728 g/mol. The molecule has 15 heteroatoms. The molecule has 4 N–H and O–H groups in total. The Labute approximate surface area is 327 Å². The van der Waals surface area contributed by atoms with Gasteiger partial charge in [0.15, 0.2) is 0 Å². The third-order valence-corrected chi connectivity index (χ3v) is 9.86. The number of carbonyl (C=O) groups is 4. The number of hydrogen-bond donors (Lipinski definition) is 4. The van der Waals surface area contributed by atoms with E-state index < -0.39 is 36.0 Å². The first kappa shape index (κ1) is 50.5. The summed E-state index contributed by atoms with van der Waals surface area (Å²) in [6.07, 6.45) is 3.21. The van der Waals surface area contributed by atoms with Gasteiger partial charge in [0.25, 0.3) is 0 Å². The summed E-state index contributed by atoms with van der Waals surface area (Å²) in [6.45, 7) is 12.4. The van der Waals surface area contributed by atoms with E-state index in [0.717, 1.165) is 20.0 Å². The van der Waals surface area contributed by atoms with Crippen LogP contribution >= 0.6 is 23.2 Å². The Morgan fingerprint density at radius 3 is 2.17 bits per heavy atom. The summed E-state index contributed by atoms with van der Waals surface area (Å²) >= 11 is 12.0. The van der Waals surface area contributed by atoms with Gasteiger partial charge in [-0.1, -0.05) is 77.6 Å². The molecule has 1 aromatic carbocycles. The van der Waals surface area contributed by atoms with Gasteiger partial charge in [0.05, 0.1) is 54.2 Å². The summed E-state index contributed by atoms with van der Waals surface area (Å²) in [5.41, 5.74) is 0.530. The topological polar surface area (TPSA) is 150 Å². The molecule has 4 amide bonds. The zero-order valence-corrected chi connectivity index (χ0v) is 35.2. The average molecular weight is 795 g/mol. The van der Waals surface area contributed by atoms with Gasteiger partial charge in [0.2, 0.25) is 23.6 Å². The molecule has 1 heterocycles. The molecule has 1 aromatic rings. The van der Waals surface area contributed by atoms with E-state index in [2.05, 4.69) is 29.8 Å². The van der Waals surface area contributed by atoms with Crippen molar-refractivity contribution in [3.05, 3.63) is 33.6 Å². The Kier molecular flexibility index (Phi) is 25.8. The van der Waals surface area contributed by atoms with Crippen molar-refractivity contribution < 1.29 is 38.1 Å². The summed E-state index contributed by atoms with van der Waals surface area (Å²) < 4.78 is 25.5. The zero-order chi connectivity index (χ0) is 40.8. The minimum absolute atomic E-state index is 0.0340. The Balaban J connectivity index is 0.00000513. The second-order valence-corrected chi connectivity index (χ2v) is 14.3. The van der Waals surface area contributed by atoms with Crippen LogP contribution in [0.3, 0.4) is 0 Å². The highest BCUT2D eigenvalue weighted by atomic mass is 35.5. The lowest BCUT2D eigenvalue weighted by Gasteiger charge is -2.37. The Morgan fingerprint density at radius 2 is 1.64 bits per heavy atom. The van der Waals surface area contributed by atoms with E-state index in [0.29, 0.717) is 36.4 Å². The largest absolute Gasteiger partial charge is 0.400 e. The van der Waals surface area contributed by atoms with Gasteiger partial charge >= 0.3 is 0 Å². The van der Waals surface area contributed by atoms with Gasteiger partial charge in [-0.05, 0) is 56.3 Å². The first-order valence-electron chi connectivity index (χ1n) is 18.5. The summed E-state index contributed by atoms with van der Waals surface area (Å²) in [5.74, 6) is -2.06. The molecule has 0 spiro atoms. The van der Waals surface area contributed by atoms with Gasteiger partial charge in [-0.15, -0.1) is 0 Å². The van der Waals surface area contributed by atoms with Crippen molar-refractivity contribution in [1.29, 1.82) is 0 Å². The van der Waals surface area contributed by atoms with Crippen LogP contribution < -0.4 is 16.0 Å². The number of amides is 4. The Bertz CT molecular complexity index is 1260. The van der Waals surface area contributed by atoms with Gasteiger partial charge < -0.3 is 40.3 Å². The number of ether oxygens (including phenoxy) is 2. The van der Waals surface area contributed by atoms with Crippen LogP contribution in [0.5, 0.6) is 0 Å². The van der Waals surface area contributed by atoms with Crippen molar-refractivity contribution in [1.82, 2.24) is 25.8 Å². The number of nitrogens with zero attached hydrogens (tertiary/aromatic N) is 2. The lowest BCUT2D eigenvalue weighted by molar-refractivity contribution is -0.144. The van der Waals surface area contributed by atoms with E-state index in [-0.39, 0.29) is 60.1 Å². The molecule has 2 rings (SSSR count). The van der Waals surface area contributed by atoms with Gasteiger partial charge in [-0.25, -0.2) is 4.39 Å². The number of methoxy groups -OCH3 is 2. The SMILES string of the molecule is CCC.CCCC(C(CC(=O)N1CCCC1C(OC)C(C)C(=O)NCCc1cc(F)c(Cl)cc1Cl)OC)N(C)C(=O)CNC(=O)C(NC)C(C)C.CO. The summed E-state index contributed by atoms with van der Waals surface area (Å²) in [7, 11) is 7.43. The number of benzene rings is 1. The number of likely N-dealkylation sites (N-methyl/N-ethyl adjacent to an activating group) is 2. The van der Waals surface area contributed by atoms with Crippen LogP contribution in [0.25, 0.3) is 0 Å². The van der Waals surface area contributed by atoms with Crippen molar-refractivity contribution in [2.45, 2.75) is 117 Å². The quantitative estimate of drug-likeness (QED) is 0.145. The lowest BCUT2D eigenvalue weighted by atomic mass is 9.94. The third-order valence-electron chi connectivity index (χ3n) is 9.22. The second-order valence-electron chi connectivity index (χ2n) is 13.5. The van der Waals surface area contributed by atoms with Crippen LogP contribution in [0.2, 0.25) is 10.0 Å². The molecule has 0 bridgehead atoms. The summed E-state index contributed by atoms with van der Waals surface area (Å²) in [6, 6.07) is 1.45. The van der Waals surface area contributed by atoms with E-state index in [9.17, 15) is 23.6 Å². The first-order valence-corrected chi connectivity index (χ1v) is 19.3. The molecular formula is C38H66Cl2FN5O7. The van der Waals surface area contributed by atoms with Crippen LogP contribution in [0.4, 0.5) is 4.39 Å². The molecule has 6 unspecified atom stereocenters. The van der Waals surface area contributed by atoms with Crippen molar-refractivity contribution in [3.63, 3.8) is 0 Å². The Morgan fingerprint density at radius 1 is 1.02 bits per heavy atom. The van der Waals surface area contributed by atoms with Gasteiger partial charge in [-0.2, -0.15) is 0 Å². The molecule has 0 saturated carbocycles. The fraction of sp³-hybridized carbons (Fsp3) is 0.737. The van der Waals surface area contributed by atoms with Crippen molar-refractivity contribution in [3.8, 4) is 0 Å². The highest BCUT2D eigenvalue weighted by Crippen LogP contribution is 2.29. The number of rotatable bonds is 19. The number of nitrogens with one attached hydrogen (secondary N) is 3. The molecule has 0 radical (unpaired) electrons. The molecule has 1 saturated heterocycles. The van der Waals surface area contributed by atoms with Crippen molar-refractivity contribution in [2.75, 3.05) is 55.1 Å². The average Bonchev–Trinajstić information content (AvgIpc) is 3.61. The highest BCUT2D eigenvalue weighted by molar-refractivity contribution is 6.35. The van der Waals surface area contributed by atoms with Crippen LogP contribution in [0.1, 0.15) is 85.6 Å². The minimum Gasteiger partial charge on any atom is -0.400 e. The van der Waals surface area contributed by atoms with E-state index in [1.165, 1.54) is 32.8 Å². The van der Waals surface area contributed by atoms with Crippen LogP contribution in [-0.2, 0) is 35.1 Å². The van der Waals surface area contributed by atoms with E-state index >= 15 is 0 Å².